The standard InChI is InChI=1S/C15H15N5O3S/c1-20-8-16-19-15(20)24-7-11(21)12(14(22)23-2)13-17-9-5-3-4-6-10(9)18-13/h3-6,8,21H,7H2,1-2H3,(H,17,18)/b12-11+. The van der Waals surface area contributed by atoms with Gasteiger partial charge in [0.15, 0.2) is 5.16 Å². The van der Waals surface area contributed by atoms with E-state index >= 15 is 0 Å². The molecule has 9 heteroatoms. The lowest BCUT2D eigenvalue weighted by molar-refractivity contribution is -0.133. The number of nitrogens with one attached hydrogen (secondary N) is 1. The normalized spacial score (nSPS) is 12.2. The number of hydrogen-bond acceptors (Lipinski definition) is 7. The summed E-state index contributed by atoms with van der Waals surface area (Å²) < 4.78 is 6.50. The predicted octanol–water partition coefficient (Wildman–Crippen LogP) is 1.93. The number of ether oxygens (including phenoxy) is 1. The molecule has 2 N–H and O–H groups in total. The third-order valence-corrected chi connectivity index (χ3v) is 4.36. The summed E-state index contributed by atoms with van der Waals surface area (Å²) in [6.45, 7) is 0. The quantitative estimate of drug-likeness (QED) is 0.315. The molecule has 3 rings (SSSR count). The number of hydrogen-bond donors (Lipinski definition) is 2. The number of aryl methyl sites for hydroxylation is 1. The zero-order chi connectivity index (χ0) is 17.1. The van der Waals surface area contributed by atoms with Crippen LogP contribution < -0.4 is 0 Å². The second-order valence-electron chi connectivity index (χ2n) is 4.93. The fourth-order valence-electron chi connectivity index (χ4n) is 2.13. The van der Waals surface area contributed by atoms with Crippen LogP contribution in [0.2, 0.25) is 0 Å². The van der Waals surface area contributed by atoms with E-state index in [0.717, 1.165) is 5.52 Å². The number of aromatic nitrogens is 5. The Labute approximate surface area is 141 Å². The SMILES string of the molecule is COC(=O)/C(=C(/O)CSc1nncn1C)c1nc2ccccc2[nH]1. The molecule has 24 heavy (non-hydrogen) atoms. The van der Waals surface area contributed by atoms with E-state index in [4.69, 9.17) is 4.74 Å². The second-order valence-corrected chi connectivity index (χ2v) is 5.87. The van der Waals surface area contributed by atoms with Crippen LogP contribution in [0.5, 0.6) is 0 Å². The molecule has 0 saturated carbocycles. The number of thioether (sulfide) groups is 1. The highest BCUT2D eigenvalue weighted by atomic mass is 32.2. The number of rotatable bonds is 5. The maximum atomic E-state index is 12.1. The van der Waals surface area contributed by atoms with Gasteiger partial charge in [-0.05, 0) is 12.1 Å². The van der Waals surface area contributed by atoms with Gasteiger partial charge in [-0.15, -0.1) is 10.2 Å². The number of aliphatic hydroxyl groups is 1. The highest BCUT2D eigenvalue weighted by Gasteiger charge is 2.22. The number of methoxy groups -OCH3 is 1. The van der Waals surface area contributed by atoms with Crippen LogP contribution in [0.15, 0.2) is 41.5 Å². The van der Waals surface area contributed by atoms with Crippen LogP contribution in [0.4, 0.5) is 0 Å². The van der Waals surface area contributed by atoms with Gasteiger partial charge in [0.25, 0.3) is 0 Å². The van der Waals surface area contributed by atoms with Crippen molar-refractivity contribution in [3.63, 3.8) is 0 Å². The molecule has 0 fully saturated rings. The van der Waals surface area contributed by atoms with Gasteiger partial charge < -0.3 is 19.4 Å². The van der Waals surface area contributed by atoms with Crippen LogP contribution in [0.3, 0.4) is 0 Å². The summed E-state index contributed by atoms with van der Waals surface area (Å²) in [6, 6.07) is 7.36. The Balaban J connectivity index is 1.95. The van der Waals surface area contributed by atoms with Crippen molar-refractivity contribution < 1.29 is 14.6 Å². The first-order valence-electron chi connectivity index (χ1n) is 7.02. The van der Waals surface area contributed by atoms with E-state index in [1.807, 2.05) is 24.3 Å². The first kappa shape index (κ1) is 16.1. The average molecular weight is 345 g/mol. The summed E-state index contributed by atoms with van der Waals surface area (Å²) >= 11 is 1.25. The first-order chi connectivity index (χ1) is 11.6. The van der Waals surface area contributed by atoms with Gasteiger partial charge in [0.1, 0.15) is 23.5 Å². The van der Waals surface area contributed by atoms with Crippen molar-refractivity contribution in [1.29, 1.82) is 0 Å². The molecule has 0 atom stereocenters. The molecule has 0 spiro atoms. The fourth-order valence-corrected chi connectivity index (χ4v) is 2.90. The summed E-state index contributed by atoms with van der Waals surface area (Å²) in [4.78, 5) is 19.5. The van der Waals surface area contributed by atoms with E-state index in [9.17, 15) is 9.90 Å². The van der Waals surface area contributed by atoms with Gasteiger partial charge in [0.2, 0.25) is 0 Å². The molecule has 0 aliphatic carbocycles. The van der Waals surface area contributed by atoms with Crippen molar-refractivity contribution in [2.75, 3.05) is 12.9 Å². The number of carbonyl (C=O) groups excluding carboxylic acids is 1. The molecule has 0 aliphatic rings. The van der Waals surface area contributed by atoms with E-state index in [1.54, 1.807) is 17.9 Å². The number of nitrogens with zero attached hydrogens (tertiary/aromatic N) is 4. The minimum Gasteiger partial charge on any atom is -0.510 e. The Kier molecular flexibility index (Phi) is 4.52. The Hall–Kier alpha value is -2.81. The Bertz CT molecular complexity index is 882. The lowest BCUT2D eigenvalue weighted by atomic mass is 10.2. The zero-order valence-corrected chi connectivity index (χ0v) is 13.9. The molecule has 3 aromatic rings. The highest BCUT2D eigenvalue weighted by molar-refractivity contribution is 7.99. The highest BCUT2D eigenvalue weighted by Crippen LogP contribution is 2.24. The average Bonchev–Trinajstić information content (AvgIpc) is 3.18. The molecule has 0 bridgehead atoms. The van der Waals surface area contributed by atoms with Gasteiger partial charge in [-0.2, -0.15) is 0 Å². The topological polar surface area (TPSA) is 106 Å². The van der Waals surface area contributed by atoms with Crippen molar-refractivity contribution in [1.82, 2.24) is 24.7 Å². The third-order valence-electron chi connectivity index (χ3n) is 3.31. The molecular formula is C15H15N5O3S. The molecule has 1 aromatic carbocycles. The number of H-pyrrole nitrogens is 1. The number of carbonyl (C=O) groups is 1. The molecule has 124 valence electrons. The molecule has 8 nitrogen and oxygen atoms in total. The smallest absolute Gasteiger partial charge is 0.345 e. The summed E-state index contributed by atoms with van der Waals surface area (Å²) in [6.07, 6.45) is 1.56. The van der Waals surface area contributed by atoms with Gasteiger partial charge in [-0.3, -0.25) is 0 Å². The molecular weight excluding hydrogens is 330 g/mol. The van der Waals surface area contributed by atoms with E-state index in [0.29, 0.717) is 10.7 Å². The van der Waals surface area contributed by atoms with E-state index < -0.39 is 5.97 Å². The Morgan fingerprint density at radius 2 is 2.21 bits per heavy atom. The van der Waals surface area contributed by atoms with E-state index in [-0.39, 0.29) is 22.9 Å². The number of imidazole rings is 1. The van der Waals surface area contributed by atoms with Gasteiger partial charge in [0.05, 0.1) is 23.9 Å². The van der Waals surface area contributed by atoms with Crippen LogP contribution in [-0.4, -0.2) is 48.7 Å². The molecule has 0 saturated heterocycles. The van der Waals surface area contributed by atoms with Crippen LogP contribution >= 0.6 is 11.8 Å². The van der Waals surface area contributed by atoms with Gasteiger partial charge in [-0.25, -0.2) is 9.78 Å². The third kappa shape index (κ3) is 3.11. The summed E-state index contributed by atoms with van der Waals surface area (Å²) in [5.41, 5.74) is 1.47. The number of aromatic amines is 1. The van der Waals surface area contributed by atoms with E-state index in [2.05, 4.69) is 20.2 Å². The number of fused-ring (bicyclic) bond motifs is 1. The van der Waals surface area contributed by atoms with Crippen molar-refractivity contribution >= 4 is 34.3 Å². The number of aliphatic hydroxyl groups excluding tert-OH is 1. The fraction of sp³-hybridized carbons (Fsp3) is 0.200. The summed E-state index contributed by atoms with van der Waals surface area (Å²) in [7, 11) is 3.05. The van der Waals surface area contributed by atoms with Crippen LogP contribution in [0, 0.1) is 0 Å². The van der Waals surface area contributed by atoms with Crippen molar-refractivity contribution in [2.24, 2.45) is 7.05 Å². The molecule has 0 amide bonds. The van der Waals surface area contributed by atoms with Gasteiger partial charge in [0, 0.05) is 7.05 Å². The van der Waals surface area contributed by atoms with Crippen molar-refractivity contribution in [3.8, 4) is 0 Å². The van der Waals surface area contributed by atoms with E-state index in [1.165, 1.54) is 18.9 Å². The molecule has 0 unspecified atom stereocenters. The maximum absolute atomic E-state index is 12.1. The minimum absolute atomic E-state index is 0.00312. The molecule has 0 aliphatic heterocycles. The number of benzene rings is 1. The molecule has 2 aromatic heterocycles. The largest absolute Gasteiger partial charge is 0.510 e. The number of esters is 1. The monoisotopic (exact) mass is 345 g/mol. The number of para-hydroxylation sites is 2. The van der Waals surface area contributed by atoms with Gasteiger partial charge >= 0.3 is 5.97 Å². The molecule has 0 radical (unpaired) electrons. The first-order valence-corrected chi connectivity index (χ1v) is 8.01. The zero-order valence-electron chi connectivity index (χ0n) is 13.1. The van der Waals surface area contributed by atoms with Crippen LogP contribution in [0.25, 0.3) is 16.6 Å². The van der Waals surface area contributed by atoms with Crippen LogP contribution in [0.1, 0.15) is 5.82 Å². The maximum Gasteiger partial charge on any atom is 0.345 e. The summed E-state index contributed by atoms with van der Waals surface area (Å²) in [5, 5.41) is 18.7. The second kappa shape index (κ2) is 6.75. The Morgan fingerprint density at radius 1 is 1.42 bits per heavy atom. The summed E-state index contributed by atoms with van der Waals surface area (Å²) in [5.74, 6) is -0.410. The lowest BCUT2D eigenvalue weighted by Gasteiger charge is -2.06. The molecule has 2 heterocycles. The van der Waals surface area contributed by atoms with Crippen molar-refractivity contribution in [3.05, 3.63) is 42.2 Å². The van der Waals surface area contributed by atoms with Crippen molar-refractivity contribution in [2.45, 2.75) is 5.16 Å². The van der Waals surface area contributed by atoms with Crippen LogP contribution in [-0.2, 0) is 16.6 Å². The Morgan fingerprint density at radius 3 is 2.88 bits per heavy atom. The minimum atomic E-state index is -0.662. The lowest BCUT2D eigenvalue weighted by Crippen LogP contribution is -2.10. The van der Waals surface area contributed by atoms with Gasteiger partial charge in [-0.1, -0.05) is 23.9 Å². The predicted molar refractivity (Wildman–Crippen MR) is 89.4 cm³/mol.